The van der Waals surface area contributed by atoms with E-state index in [4.69, 9.17) is 4.52 Å². The smallest absolute Gasteiger partial charge is 0.238 e. The van der Waals surface area contributed by atoms with Crippen LogP contribution in [-0.4, -0.2) is 30.8 Å². The van der Waals surface area contributed by atoms with E-state index in [1.165, 1.54) is 6.92 Å². The normalized spacial score (nSPS) is 24.0. The molecule has 124 valence electrons. The summed E-state index contributed by atoms with van der Waals surface area (Å²) in [7, 11) is -3.60. The monoisotopic (exact) mass is 328 g/mol. The number of aromatic nitrogens is 1. The van der Waals surface area contributed by atoms with Gasteiger partial charge >= 0.3 is 0 Å². The molecule has 1 amide bonds. The van der Waals surface area contributed by atoms with Crippen molar-refractivity contribution in [3.8, 4) is 0 Å². The Morgan fingerprint density at radius 2 is 2.05 bits per heavy atom. The third-order valence-electron chi connectivity index (χ3n) is 4.30. The molecule has 1 N–H and O–H groups in total. The molecule has 1 atom stereocenters. The van der Waals surface area contributed by atoms with Gasteiger partial charge in [-0.1, -0.05) is 12.1 Å². The van der Waals surface area contributed by atoms with Crippen molar-refractivity contribution in [2.24, 2.45) is 5.92 Å². The molecule has 1 aliphatic rings. The van der Waals surface area contributed by atoms with Gasteiger partial charge in [0.25, 0.3) is 0 Å². The fourth-order valence-electron chi connectivity index (χ4n) is 2.70. The first-order valence-corrected chi connectivity index (χ1v) is 9.43. The topological polar surface area (TPSA) is 89.3 Å². The molecule has 6 nitrogen and oxygen atoms in total. The summed E-state index contributed by atoms with van der Waals surface area (Å²) in [5, 5.41) is 5.48. The van der Waals surface area contributed by atoms with Gasteiger partial charge < -0.3 is 9.84 Å². The maximum Gasteiger partial charge on any atom is 0.238 e. The van der Waals surface area contributed by atoms with Gasteiger partial charge in [0.2, 0.25) is 5.91 Å². The van der Waals surface area contributed by atoms with Crippen LogP contribution in [0.4, 0.5) is 0 Å². The number of nitrogens with one attached hydrogen (secondary N) is 1. The molecular weight excluding hydrogens is 304 g/mol. The Labute approximate surface area is 131 Å². The summed E-state index contributed by atoms with van der Waals surface area (Å²) < 4.78 is 29.5. The molecule has 1 aromatic heterocycles. The largest absolute Gasteiger partial charge is 0.361 e. The van der Waals surface area contributed by atoms with Gasteiger partial charge in [-0.3, -0.25) is 4.79 Å². The first kappa shape index (κ1) is 17.0. The molecule has 0 unspecified atom stereocenters. The standard InChI is InChI=1S/C15H24N2O4S/c1-10-4-6-13(7-5-10)16-15(18)12(3)22(19,20)9-14-8-11(2)21-17-14/h8,10,12-13H,4-7,9H2,1-3H3,(H,16,18)/t10?,12-,13?/m1/s1. The van der Waals surface area contributed by atoms with Crippen molar-refractivity contribution >= 4 is 15.7 Å². The molecule has 7 heteroatoms. The van der Waals surface area contributed by atoms with Crippen LogP contribution in [0.2, 0.25) is 0 Å². The molecule has 1 saturated carbocycles. The molecule has 0 aromatic carbocycles. The molecule has 1 aliphatic carbocycles. The predicted octanol–water partition coefficient (Wildman–Crippen LogP) is 1.98. The van der Waals surface area contributed by atoms with Crippen molar-refractivity contribution in [3.05, 3.63) is 17.5 Å². The quantitative estimate of drug-likeness (QED) is 0.892. The highest BCUT2D eigenvalue weighted by molar-refractivity contribution is 7.92. The van der Waals surface area contributed by atoms with Crippen molar-refractivity contribution < 1.29 is 17.7 Å². The average Bonchev–Trinajstić information content (AvgIpc) is 2.85. The second kappa shape index (κ2) is 6.81. The number of carbonyl (C=O) groups excluding carboxylic acids is 1. The molecule has 0 aliphatic heterocycles. The number of carbonyl (C=O) groups is 1. The number of hydrogen-bond donors (Lipinski definition) is 1. The van der Waals surface area contributed by atoms with Gasteiger partial charge in [-0.25, -0.2) is 8.42 Å². The van der Waals surface area contributed by atoms with Gasteiger partial charge in [-0.2, -0.15) is 0 Å². The SMILES string of the molecule is Cc1cc(CS(=O)(=O)[C@H](C)C(=O)NC2CCC(C)CC2)no1. The summed E-state index contributed by atoms with van der Waals surface area (Å²) in [5.41, 5.74) is 0.337. The highest BCUT2D eigenvalue weighted by Crippen LogP contribution is 2.23. The van der Waals surface area contributed by atoms with E-state index in [2.05, 4.69) is 17.4 Å². The van der Waals surface area contributed by atoms with Crippen LogP contribution >= 0.6 is 0 Å². The molecule has 2 rings (SSSR count). The second-order valence-corrected chi connectivity index (χ2v) is 8.67. The lowest BCUT2D eigenvalue weighted by Crippen LogP contribution is -2.44. The van der Waals surface area contributed by atoms with Crippen LogP contribution in [0.1, 0.15) is 51.0 Å². The van der Waals surface area contributed by atoms with Gasteiger partial charge in [-0.05, 0) is 45.4 Å². The zero-order valence-electron chi connectivity index (χ0n) is 13.3. The van der Waals surface area contributed by atoms with Crippen LogP contribution in [0.15, 0.2) is 10.6 Å². The van der Waals surface area contributed by atoms with Gasteiger partial charge in [0.1, 0.15) is 11.0 Å². The molecular formula is C15H24N2O4S. The second-order valence-electron chi connectivity index (χ2n) is 6.34. The Morgan fingerprint density at radius 1 is 1.41 bits per heavy atom. The molecule has 0 spiro atoms. The number of aryl methyl sites for hydroxylation is 1. The van der Waals surface area contributed by atoms with Crippen molar-refractivity contribution in [1.29, 1.82) is 0 Å². The van der Waals surface area contributed by atoms with E-state index in [0.717, 1.165) is 25.7 Å². The first-order chi connectivity index (χ1) is 10.3. The van der Waals surface area contributed by atoms with E-state index >= 15 is 0 Å². The summed E-state index contributed by atoms with van der Waals surface area (Å²) in [5.74, 6) is 0.545. The van der Waals surface area contributed by atoms with Crippen LogP contribution in [0.25, 0.3) is 0 Å². The lowest BCUT2D eigenvalue weighted by Gasteiger charge is -2.27. The van der Waals surface area contributed by atoms with Crippen molar-refractivity contribution in [2.75, 3.05) is 0 Å². The zero-order valence-corrected chi connectivity index (χ0v) is 14.1. The van der Waals surface area contributed by atoms with Crippen LogP contribution in [0.3, 0.4) is 0 Å². The summed E-state index contributed by atoms with van der Waals surface area (Å²) >= 11 is 0. The van der Waals surface area contributed by atoms with Crippen LogP contribution in [-0.2, 0) is 20.4 Å². The van der Waals surface area contributed by atoms with Crippen molar-refractivity contribution in [2.45, 2.75) is 63.5 Å². The maximum absolute atomic E-state index is 12.3. The van der Waals surface area contributed by atoms with E-state index < -0.39 is 21.0 Å². The van der Waals surface area contributed by atoms with Gasteiger partial charge in [0, 0.05) is 12.1 Å². The van der Waals surface area contributed by atoms with Gasteiger partial charge in [-0.15, -0.1) is 0 Å². The molecule has 0 bridgehead atoms. The number of hydrogen-bond acceptors (Lipinski definition) is 5. The fraction of sp³-hybridized carbons (Fsp3) is 0.733. The Balaban J connectivity index is 1.94. The molecule has 0 saturated heterocycles. The van der Waals surface area contributed by atoms with E-state index in [0.29, 0.717) is 17.4 Å². The number of nitrogens with zero attached hydrogens (tertiary/aromatic N) is 1. The lowest BCUT2D eigenvalue weighted by atomic mass is 9.87. The molecule has 1 aromatic rings. The minimum atomic E-state index is -3.60. The summed E-state index contributed by atoms with van der Waals surface area (Å²) in [4.78, 5) is 12.2. The highest BCUT2D eigenvalue weighted by atomic mass is 32.2. The minimum absolute atomic E-state index is 0.0932. The minimum Gasteiger partial charge on any atom is -0.361 e. The predicted molar refractivity (Wildman–Crippen MR) is 82.9 cm³/mol. The summed E-state index contributed by atoms with van der Waals surface area (Å²) in [6.07, 6.45) is 3.99. The molecule has 1 heterocycles. The lowest BCUT2D eigenvalue weighted by molar-refractivity contribution is -0.121. The van der Waals surface area contributed by atoms with E-state index in [-0.39, 0.29) is 11.8 Å². The van der Waals surface area contributed by atoms with E-state index in [1.54, 1.807) is 13.0 Å². The van der Waals surface area contributed by atoms with Crippen LogP contribution < -0.4 is 5.32 Å². The fourth-order valence-corrected chi connectivity index (χ4v) is 3.90. The van der Waals surface area contributed by atoms with Crippen molar-refractivity contribution in [3.63, 3.8) is 0 Å². The third kappa shape index (κ3) is 4.32. The first-order valence-electron chi connectivity index (χ1n) is 7.72. The Hall–Kier alpha value is -1.37. The number of amides is 1. The van der Waals surface area contributed by atoms with Crippen molar-refractivity contribution in [1.82, 2.24) is 10.5 Å². The Morgan fingerprint density at radius 3 is 2.59 bits per heavy atom. The zero-order chi connectivity index (χ0) is 16.3. The highest BCUT2D eigenvalue weighted by Gasteiger charge is 2.31. The van der Waals surface area contributed by atoms with Gasteiger partial charge in [0.05, 0.1) is 11.4 Å². The van der Waals surface area contributed by atoms with E-state index in [9.17, 15) is 13.2 Å². The number of rotatable bonds is 5. The van der Waals surface area contributed by atoms with E-state index in [1.807, 2.05) is 0 Å². The Kier molecular flexibility index (Phi) is 5.26. The summed E-state index contributed by atoms with van der Waals surface area (Å²) in [6.45, 7) is 5.33. The summed E-state index contributed by atoms with van der Waals surface area (Å²) in [6, 6.07) is 1.67. The van der Waals surface area contributed by atoms with Gasteiger partial charge in [0.15, 0.2) is 9.84 Å². The third-order valence-corrected chi connectivity index (χ3v) is 6.29. The Bertz CT molecular complexity index is 615. The maximum atomic E-state index is 12.3. The van der Waals surface area contributed by atoms with Crippen LogP contribution in [0, 0.1) is 12.8 Å². The number of sulfone groups is 1. The average molecular weight is 328 g/mol. The molecule has 22 heavy (non-hydrogen) atoms. The van der Waals surface area contributed by atoms with Crippen LogP contribution in [0.5, 0.6) is 0 Å². The molecule has 0 radical (unpaired) electrons. The molecule has 1 fully saturated rings.